The van der Waals surface area contributed by atoms with Crippen LogP contribution in [0.2, 0.25) is 0 Å². The molecule has 0 unspecified atom stereocenters. The molecule has 1 N–H and O–H groups in total. The Bertz CT molecular complexity index is 1070. The van der Waals surface area contributed by atoms with E-state index in [0.717, 1.165) is 16.1 Å². The molecule has 0 heterocycles. The number of carbonyl (C=O) groups is 2. The normalized spacial score (nSPS) is 12.3. The fourth-order valence-electron chi connectivity index (χ4n) is 3.40. The number of halogens is 1. The van der Waals surface area contributed by atoms with Crippen molar-refractivity contribution in [3.05, 3.63) is 65.5 Å². The van der Waals surface area contributed by atoms with Crippen molar-refractivity contribution < 1.29 is 22.4 Å². The van der Waals surface area contributed by atoms with Crippen molar-refractivity contribution in [1.29, 1.82) is 0 Å². The van der Waals surface area contributed by atoms with Gasteiger partial charge in [-0.25, -0.2) is 12.8 Å². The third-order valence-electron chi connectivity index (χ3n) is 5.22. The lowest BCUT2D eigenvalue weighted by Gasteiger charge is -2.32. The monoisotopic (exact) mass is 463 g/mol. The van der Waals surface area contributed by atoms with Crippen molar-refractivity contribution in [3.63, 3.8) is 0 Å². The Balaban J connectivity index is 2.47. The predicted octanol–water partition coefficient (Wildman–Crippen LogP) is 2.88. The summed E-state index contributed by atoms with van der Waals surface area (Å²) in [5.74, 6) is -1.55. The number of nitrogens with zero attached hydrogens (tertiary/aromatic N) is 2. The van der Waals surface area contributed by atoms with E-state index in [1.54, 1.807) is 24.3 Å². The second-order valence-corrected chi connectivity index (χ2v) is 9.79. The fourth-order valence-corrected chi connectivity index (χ4v) is 4.27. The zero-order valence-corrected chi connectivity index (χ0v) is 19.8. The van der Waals surface area contributed by atoms with Gasteiger partial charge in [-0.2, -0.15) is 0 Å². The van der Waals surface area contributed by atoms with Crippen LogP contribution in [0, 0.1) is 5.82 Å². The third-order valence-corrected chi connectivity index (χ3v) is 6.35. The summed E-state index contributed by atoms with van der Waals surface area (Å²) in [5.41, 5.74) is 1.40. The van der Waals surface area contributed by atoms with Crippen LogP contribution in [0.4, 0.5) is 10.1 Å². The molecule has 9 heteroatoms. The Labute approximate surface area is 189 Å². The quantitative estimate of drug-likeness (QED) is 0.620. The standard InChI is InChI=1S/C23H30FN3O4S/c1-16(2)19-11-7-9-13-21(19)27(32(5,30)31)15-22(28)26(17(3)23(29)25-4)14-18-10-6-8-12-20(18)24/h6-13,16-17H,14-15H2,1-5H3,(H,25,29)/t17-/m0/s1. The molecule has 2 aromatic rings. The summed E-state index contributed by atoms with van der Waals surface area (Å²) in [5, 5.41) is 2.48. The highest BCUT2D eigenvalue weighted by Gasteiger charge is 2.31. The fraction of sp³-hybridized carbons (Fsp3) is 0.391. The van der Waals surface area contributed by atoms with Gasteiger partial charge in [0.2, 0.25) is 21.8 Å². The molecule has 7 nitrogen and oxygen atoms in total. The minimum atomic E-state index is -3.82. The van der Waals surface area contributed by atoms with E-state index < -0.39 is 40.2 Å². The van der Waals surface area contributed by atoms with Gasteiger partial charge in [0.15, 0.2) is 0 Å². The number of amides is 2. The first-order valence-electron chi connectivity index (χ1n) is 10.3. The molecule has 0 saturated heterocycles. The van der Waals surface area contributed by atoms with Crippen LogP contribution in [-0.4, -0.2) is 51.0 Å². The lowest BCUT2D eigenvalue weighted by molar-refractivity contribution is -0.139. The summed E-state index contributed by atoms with van der Waals surface area (Å²) in [6, 6.07) is 12.0. The van der Waals surface area contributed by atoms with Gasteiger partial charge in [-0.15, -0.1) is 0 Å². The highest BCUT2D eigenvalue weighted by atomic mass is 32.2. The Kier molecular flexibility index (Phi) is 8.38. The van der Waals surface area contributed by atoms with Gasteiger partial charge >= 0.3 is 0 Å². The van der Waals surface area contributed by atoms with Gasteiger partial charge in [-0.3, -0.25) is 13.9 Å². The minimum absolute atomic E-state index is 0.0184. The molecule has 32 heavy (non-hydrogen) atoms. The van der Waals surface area contributed by atoms with Gasteiger partial charge < -0.3 is 10.2 Å². The highest BCUT2D eigenvalue weighted by Crippen LogP contribution is 2.29. The van der Waals surface area contributed by atoms with Crippen LogP contribution in [0.5, 0.6) is 0 Å². The van der Waals surface area contributed by atoms with Crippen molar-refractivity contribution in [3.8, 4) is 0 Å². The maximum atomic E-state index is 14.3. The molecule has 0 fully saturated rings. The van der Waals surface area contributed by atoms with E-state index in [1.165, 1.54) is 37.1 Å². The molecule has 1 atom stereocenters. The number of likely N-dealkylation sites (N-methyl/N-ethyl adjacent to an activating group) is 1. The van der Waals surface area contributed by atoms with Crippen LogP contribution in [-0.2, 0) is 26.2 Å². The van der Waals surface area contributed by atoms with E-state index in [4.69, 9.17) is 0 Å². The number of sulfonamides is 1. The second-order valence-electron chi connectivity index (χ2n) is 7.89. The Morgan fingerprint density at radius 2 is 1.62 bits per heavy atom. The zero-order chi connectivity index (χ0) is 24.1. The molecule has 0 spiro atoms. The molecule has 0 radical (unpaired) electrons. The summed E-state index contributed by atoms with van der Waals surface area (Å²) in [4.78, 5) is 26.8. The van der Waals surface area contributed by atoms with Gasteiger partial charge in [-0.05, 0) is 30.5 Å². The number of rotatable bonds is 9. The molecule has 2 rings (SSSR count). The Morgan fingerprint density at radius 1 is 1.03 bits per heavy atom. The van der Waals surface area contributed by atoms with Crippen molar-refractivity contribution >= 4 is 27.5 Å². The van der Waals surface area contributed by atoms with Crippen LogP contribution in [0.25, 0.3) is 0 Å². The van der Waals surface area contributed by atoms with Crippen LogP contribution in [0.3, 0.4) is 0 Å². The number of hydrogen-bond acceptors (Lipinski definition) is 4. The lowest BCUT2D eigenvalue weighted by atomic mass is 10.0. The molecule has 0 aliphatic heterocycles. The summed E-state index contributed by atoms with van der Waals surface area (Å²) in [6.45, 7) is 4.69. The van der Waals surface area contributed by atoms with E-state index >= 15 is 0 Å². The Morgan fingerprint density at radius 3 is 2.19 bits per heavy atom. The minimum Gasteiger partial charge on any atom is -0.357 e. The number of hydrogen-bond donors (Lipinski definition) is 1. The van der Waals surface area contributed by atoms with E-state index in [9.17, 15) is 22.4 Å². The molecule has 2 aromatic carbocycles. The Hall–Kier alpha value is -2.94. The average molecular weight is 464 g/mol. The van der Waals surface area contributed by atoms with Gasteiger partial charge in [0.1, 0.15) is 18.4 Å². The number of para-hydroxylation sites is 1. The average Bonchev–Trinajstić information content (AvgIpc) is 2.74. The molecule has 0 saturated carbocycles. The maximum absolute atomic E-state index is 14.3. The molecule has 174 valence electrons. The first-order valence-corrected chi connectivity index (χ1v) is 12.1. The molecule has 0 aliphatic carbocycles. The smallest absolute Gasteiger partial charge is 0.244 e. The summed E-state index contributed by atoms with van der Waals surface area (Å²) < 4.78 is 40.6. The number of benzene rings is 2. The van der Waals surface area contributed by atoms with Gasteiger partial charge in [0, 0.05) is 19.2 Å². The molecular formula is C23H30FN3O4S. The van der Waals surface area contributed by atoms with Gasteiger partial charge in [0.05, 0.1) is 11.9 Å². The van der Waals surface area contributed by atoms with Gasteiger partial charge in [-0.1, -0.05) is 50.2 Å². The van der Waals surface area contributed by atoms with Crippen LogP contribution >= 0.6 is 0 Å². The van der Waals surface area contributed by atoms with E-state index in [2.05, 4.69) is 5.32 Å². The van der Waals surface area contributed by atoms with Crippen molar-refractivity contribution in [2.75, 3.05) is 24.2 Å². The van der Waals surface area contributed by atoms with Crippen molar-refractivity contribution in [1.82, 2.24) is 10.2 Å². The number of carbonyl (C=O) groups excluding carboxylic acids is 2. The third kappa shape index (κ3) is 6.06. The highest BCUT2D eigenvalue weighted by molar-refractivity contribution is 7.92. The maximum Gasteiger partial charge on any atom is 0.244 e. The first kappa shape index (κ1) is 25.3. The molecule has 2 amide bonds. The topological polar surface area (TPSA) is 86.8 Å². The van der Waals surface area contributed by atoms with Crippen LogP contribution in [0.1, 0.15) is 37.8 Å². The van der Waals surface area contributed by atoms with Crippen LogP contribution in [0.15, 0.2) is 48.5 Å². The van der Waals surface area contributed by atoms with Gasteiger partial charge in [0.25, 0.3) is 0 Å². The van der Waals surface area contributed by atoms with E-state index in [0.29, 0.717) is 5.69 Å². The second kappa shape index (κ2) is 10.6. The zero-order valence-electron chi connectivity index (χ0n) is 19.0. The van der Waals surface area contributed by atoms with Crippen LogP contribution < -0.4 is 9.62 Å². The number of anilines is 1. The largest absolute Gasteiger partial charge is 0.357 e. The van der Waals surface area contributed by atoms with E-state index in [1.807, 2.05) is 19.9 Å². The van der Waals surface area contributed by atoms with Crippen molar-refractivity contribution in [2.45, 2.75) is 39.3 Å². The summed E-state index contributed by atoms with van der Waals surface area (Å²) in [6.07, 6.45) is 1.03. The molecule has 0 aliphatic rings. The summed E-state index contributed by atoms with van der Waals surface area (Å²) >= 11 is 0. The number of nitrogens with one attached hydrogen (secondary N) is 1. The SMILES string of the molecule is CNC(=O)[C@H](C)N(Cc1ccccc1F)C(=O)CN(c1ccccc1C(C)C)S(C)(=O)=O. The molecule has 0 aromatic heterocycles. The van der Waals surface area contributed by atoms with Crippen molar-refractivity contribution in [2.24, 2.45) is 0 Å². The first-order chi connectivity index (χ1) is 15.0. The molecular weight excluding hydrogens is 433 g/mol. The van der Waals surface area contributed by atoms with E-state index in [-0.39, 0.29) is 18.0 Å². The summed E-state index contributed by atoms with van der Waals surface area (Å²) in [7, 11) is -2.39. The predicted molar refractivity (Wildman–Crippen MR) is 123 cm³/mol. The molecule has 0 bridgehead atoms. The lowest BCUT2D eigenvalue weighted by Crippen LogP contribution is -2.50.